The minimum Gasteiger partial charge on any atom is -1.00 e. The second-order valence-electron chi connectivity index (χ2n) is 0.988. The SMILES string of the molecule is CCOC(=O)N(O)O.[H-].[K+]. The summed E-state index contributed by atoms with van der Waals surface area (Å²) in [5.74, 6) is 0. The van der Waals surface area contributed by atoms with Gasteiger partial charge in [0, 0.05) is 0 Å². The van der Waals surface area contributed by atoms with E-state index in [0.717, 1.165) is 0 Å². The molecule has 0 spiro atoms. The van der Waals surface area contributed by atoms with Crippen molar-refractivity contribution in [3.63, 3.8) is 0 Å². The van der Waals surface area contributed by atoms with Crippen LogP contribution in [0.2, 0.25) is 0 Å². The normalized spacial score (nSPS) is 7.44. The predicted octanol–water partition coefficient (Wildman–Crippen LogP) is -2.66. The first-order valence-corrected chi connectivity index (χ1v) is 2.03. The van der Waals surface area contributed by atoms with Crippen LogP contribution in [-0.4, -0.2) is 28.3 Å². The zero-order valence-corrected chi connectivity index (χ0v) is 8.49. The second kappa shape index (κ2) is 6.94. The zero-order valence-electron chi connectivity index (χ0n) is 6.37. The van der Waals surface area contributed by atoms with Crippen LogP contribution in [0.1, 0.15) is 8.35 Å². The minimum atomic E-state index is -1.17. The molecule has 0 saturated carbocycles. The van der Waals surface area contributed by atoms with Gasteiger partial charge in [0.05, 0.1) is 6.61 Å². The fourth-order valence-electron chi connectivity index (χ4n) is 0.181. The van der Waals surface area contributed by atoms with Crippen molar-refractivity contribution >= 4 is 6.09 Å². The van der Waals surface area contributed by atoms with Crippen molar-refractivity contribution in [2.24, 2.45) is 0 Å². The summed E-state index contributed by atoms with van der Waals surface area (Å²) in [6.45, 7) is 1.68. The van der Waals surface area contributed by atoms with Gasteiger partial charge in [-0.3, -0.25) is 10.4 Å². The maximum absolute atomic E-state index is 9.95. The first kappa shape index (κ1) is 12.5. The molecule has 0 unspecified atom stereocenters. The number of ether oxygens (including phenoxy) is 1. The van der Waals surface area contributed by atoms with E-state index in [0.29, 0.717) is 0 Å². The Kier molecular flexibility index (Phi) is 9.64. The number of carbonyl (C=O) groups excluding carboxylic acids is 1. The molecule has 1 amide bonds. The molecule has 0 radical (unpaired) electrons. The number of hydrogen-bond acceptors (Lipinski definition) is 4. The number of nitrogens with zero attached hydrogens (tertiary/aromatic N) is 1. The van der Waals surface area contributed by atoms with Crippen molar-refractivity contribution in [2.75, 3.05) is 6.61 Å². The molecule has 9 heavy (non-hydrogen) atoms. The van der Waals surface area contributed by atoms with Crippen molar-refractivity contribution in [3.05, 3.63) is 0 Å². The fourth-order valence-corrected chi connectivity index (χ4v) is 0.181. The zero-order chi connectivity index (χ0) is 6.57. The molecule has 2 N–H and O–H groups in total. The van der Waals surface area contributed by atoms with Crippen LogP contribution in [0.25, 0.3) is 0 Å². The van der Waals surface area contributed by atoms with Crippen LogP contribution >= 0.6 is 0 Å². The molecule has 0 atom stereocenters. The Bertz CT molecular complexity index is 90.6. The topological polar surface area (TPSA) is 70.0 Å². The predicted molar refractivity (Wildman–Crippen MR) is 23.5 cm³/mol. The molecule has 0 heterocycles. The molecule has 50 valence electrons. The third kappa shape index (κ3) is 6.71. The molecule has 5 nitrogen and oxygen atoms in total. The van der Waals surface area contributed by atoms with Crippen LogP contribution in [0.4, 0.5) is 4.79 Å². The van der Waals surface area contributed by atoms with E-state index in [1.807, 2.05) is 0 Å². The molecule has 0 aliphatic rings. The maximum atomic E-state index is 9.95. The first-order valence-electron chi connectivity index (χ1n) is 2.03. The minimum absolute atomic E-state index is 0. The molecule has 0 bridgehead atoms. The van der Waals surface area contributed by atoms with Gasteiger partial charge in [0.25, 0.3) is 0 Å². The number of rotatable bonds is 1. The third-order valence-electron chi connectivity index (χ3n) is 0.431. The van der Waals surface area contributed by atoms with E-state index >= 15 is 0 Å². The quantitative estimate of drug-likeness (QED) is 0.250. The van der Waals surface area contributed by atoms with Crippen molar-refractivity contribution < 1.29 is 72.8 Å². The van der Waals surface area contributed by atoms with E-state index in [-0.39, 0.29) is 59.4 Å². The standard InChI is InChI=1S/C3H7NO4.K.H/c1-2-8-3(5)4(6)7;;/h6-7H,2H2,1H3;;/q;+1;-1. The van der Waals surface area contributed by atoms with Crippen molar-refractivity contribution in [1.82, 2.24) is 5.23 Å². The molecular weight excluding hydrogens is 153 g/mol. The molecule has 0 rings (SSSR count). The van der Waals surface area contributed by atoms with Gasteiger partial charge in [0.1, 0.15) is 0 Å². The molecule has 0 fully saturated rings. The Morgan fingerprint density at radius 2 is 2.22 bits per heavy atom. The van der Waals surface area contributed by atoms with E-state index in [1.165, 1.54) is 0 Å². The van der Waals surface area contributed by atoms with E-state index < -0.39 is 11.3 Å². The Balaban J connectivity index is -0.000000245. The number of carbonyl (C=O) groups is 1. The summed E-state index contributed by atoms with van der Waals surface area (Å²) in [5.41, 5.74) is 0. The van der Waals surface area contributed by atoms with Gasteiger partial charge >= 0.3 is 57.5 Å². The van der Waals surface area contributed by atoms with Crippen molar-refractivity contribution in [2.45, 2.75) is 6.92 Å². The van der Waals surface area contributed by atoms with Gasteiger partial charge in [-0.2, -0.15) is 0 Å². The van der Waals surface area contributed by atoms with Crippen LogP contribution in [0, 0.1) is 0 Å². The first-order chi connectivity index (χ1) is 3.68. The number of amides is 1. The largest absolute Gasteiger partial charge is 1.00 e. The van der Waals surface area contributed by atoms with Gasteiger partial charge in [-0.1, -0.05) is 5.23 Å². The molecule has 0 saturated heterocycles. The summed E-state index contributed by atoms with van der Waals surface area (Å²) in [4.78, 5) is 9.95. The van der Waals surface area contributed by atoms with E-state index in [1.54, 1.807) is 6.92 Å². The molecular formula is C3H8KNO4. The summed E-state index contributed by atoms with van der Waals surface area (Å²) in [6.07, 6.45) is -1.17. The Morgan fingerprint density at radius 1 is 1.78 bits per heavy atom. The van der Waals surface area contributed by atoms with Crippen LogP contribution in [0.5, 0.6) is 0 Å². The summed E-state index contributed by atoms with van der Waals surface area (Å²) >= 11 is 0. The van der Waals surface area contributed by atoms with Gasteiger partial charge < -0.3 is 6.16 Å². The second-order valence-corrected chi connectivity index (χ2v) is 0.988. The van der Waals surface area contributed by atoms with Crippen LogP contribution in [-0.2, 0) is 4.74 Å². The molecule has 0 aliphatic heterocycles. The smallest absolute Gasteiger partial charge is 1.00 e. The van der Waals surface area contributed by atoms with Crippen LogP contribution in [0.3, 0.4) is 0 Å². The van der Waals surface area contributed by atoms with Crippen LogP contribution < -0.4 is 51.4 Å². The van der Waals surface area contributed by atoms with Gasteiger partial charge in [-0.05, 0) is 6.92 Å². The third-order valence-corrected chi connectivity index (χ3v) is 0.431. The van der Waals surface area contributed by atoms with Crippen LogP contribution in [0.15, 0.2) is 0 Å². The molecule has 0 aromatic rings. The van der Waals surface area contributed by atoms with Crippen molar-refractivity contribution in [1.29, 1.82) is 0 Å². The van der Waals surface area contributed by atoms with E-state index in [2.05, 4.69) is 4.74 Å². The van der Waals surface area contributed by atoms with Gasteiger partial charge in [-0.15, -0.1) is 0 Å². The van der Waals surface area contributed by atoms with Gasteiger partial charge in [0.15, 0.2) is 0 Å². The Labute approximate surface area is 96.4 Å². The Hall–Kier alpha value is 0.826. The number of hydrogen-bond donors (Lipinski definition) is 2. The summed E-state index contributed by atoms with van der Waals surface area (Å²) < 4.78 is 4.09. The number of hydroxylamine groups is 2. The monoisotopic (exact) mass is 161 g/mol. The van der Waals surface area contributed by atoms with E-state index in [4.69, 9.17) is 10.4 Å². The fraction of sp³-hybridized carbons (Fsp3) is 0.667. The molecule has 0 aromatic carbocycles. The average molecular weight is 161 g/mol. The van der Waals surface area contributed by atoms with Crippen molar-refractivity contribution in [3.8, 4) is 0 Å². The van der Waals surface area contributed by atoms with E-state index in [9.17, 15) is 4.79 Å². The molecule has 0 aliphatic carbocycles. The Morgan fingerprint density at radius 3 is 2.33 bits per heavy atom. The summed E-state index contributed by atoms with van der Waals surface area (Å²) in [6, 6.07) is 0. The van der Waals surface area contributed by atoms with Gasteiger partial charge in [-0.25, -0.2) is 4.79 Å². The molecule has 6 heteroatoms. The maximum Gasteiger partial charge on any atom is 1.00 e. The van der Waals surface area contributed by atoms with Gasteiger partial charge in [0.2, 0.25) is 0 Å². The summed E-state index contributed by atoms with van der Waals surface area (Å²) in [7, 11) is 0. The average Bonchev–Trinajstić information content (AvgIpc) is 1.67. The summed E-state index contributed by atoms with van der Waals surface area (Å²) in [5, 5.41) is 15.1. The molecule has 0 aromatic heterocycles.